The van der Waals surface area contributed by atoms with Crippen molar-refractivity contribution in [3.05, 3.63) is 94.9 Å². The topological polar surface area (TPSA) is 9.23 Å². The molecule has 1 saturated carbocycles. The average molecular weight is 470 g/mol. The predicted molar refractivity (Wildman–Crippen MR) is 112 cm³/mol. The molecule has 2 aromatic carbocycles. The van der Waals surface area contributed by atoms with Crippen molar-refractivity contribution >= 4 is 5.57 Å². The molecule has 0 aromatic heterocycles. The summed E-state index contributed by atoms with van der Waals surface area (Å²) in [7, 11) is 0. The van der Waals surface area contributed by atoms with Gasteiger partial charge in [-0.1, -0.05) is 43.7 Å². The Morgan fingerprint density at radius 1 is 1.00 bits per heavy atom. The second-order valence-electron chi connectivity index (χ2n) is 7.85. The van der Waals surface area contributed by atoms with E-state index in [2.05, 4.69) is 11.3 Å². The molecule has 3 rings (SSSR count). The van der Waals surface area contributed by atoms with Gasteiger partial charge >= 0.3 is 6.11 Å². The molecular weight excluding hydrogens is 449 g/mol. The third-order valence-electron chi connectivity index (χ3n) is 5.49. The lowest BCUT2D eigenvalue weighted by atomic mass is 9.95. The zero-order valence-corrected chi connectivity index (χ0v) is 17.7. The molecule has 0 bridgehead atoms. The summed E-state index contributed by atoms with van der Waals surface area (Å²) in [5.74, 6) is -9.51. The molecule has 0 atom stereocenters. The highest BCUT2D eigenvalue weighted by Gasteiger charge is 2.42. The maximum absolute atomic E-state index is 14.7. The standard InChI is InChI=1S/C25H21F7O/c1-14(16-7-9-18(10-8-16)17-5-3-4-6-17)11-20(27)23(15(2)26)25(31,32)33-19-12-21(28)24(30)22(29)13-19/h7-13,17H,1,3-6H2,2H3/b20-11+,23-15-. The van der Waals surface area contributed by atoms with Crippen LogP contribution in [0.2, 0.25) is 0 Å². The van der Waals surface area contributed by atoms with Gasteiger partial charge < -0.3 is 4.74 Å². The maximum Gasteiger partial charge on any atom is 0.432 e. The zero-order valence-electron chi connectivity index (χ0n) is 17.7. The summed E-state index contributed by atoms with van der Waals surface area (Å²) in [6.07, 6.45) is 0.413. The Hall–Kier alpha value is -3.03. The number of alkyl halides is 2. The van der Waals surface area contributed by atoms with Crippen molar-refractivity contribution in [2.45, 2.75) is 44.6 Å². The van der Waals surface area contributed by atoms with E-state index in [4.69, 9.17) is 0 Å². The van der Waals surface area contributed by atoms with Crippen LogP contribution in [0, 0.1) is 17.5 Å². The van der Waals surface area contributed by atoms with Gasteiger partial charge in [0.15, 0.2) is 17.5 Å². The van der Waals surface area contributed by atoms with E-state index in [9.17, 15) is 30.7 Å². The highest BCUT2D eigenvalue weighted by atomic mass is 19.3. The monoisotopic (exact) mass is 470 g/mol. The fourth-order valence-electron chi connectivity index (χ4n) is 3.83. The normalized spacial score (nSPS) is 16.1. The van der Waals surface area contributed by atoms with Gasteiger partial charge in [0.1, 0.15) is 23.0 Å². The minimum atomic E-state index is -4.66. The molecule has 0 aliphatic heterocycles. The van der Waals surface area contributed by atoms with Crippen LogP contribution in [-0.4, -0.2) is 6.11 Å². The van der Waals surface area contributed by atoms with Crippen molar-refractivity contribution in [2.75, 3.05) is 0 Å². The van der Waals surface area contributed by atoms with Gasteiger partial charge in [-0.3, -0.25) is 0 Å². The Morgan fingerprint density at radius 3 is 2.06 bits per heavy atom. The molecule has 1 aliphatic carbocycles. The Morgan fingerprint density at radius 2 is 1.55 bits per heavy atom. The maximum atomic E-state index is 14.7. The summed E-state index contributed by atoms with van der Waals surface area (Å²) in [4.78, 5) is 0. The quantitative estimate of drug-likeness (QED) is 0.224. The van der Waals surface area contributed by atoms with E-state index in [1.54, 1.807) is 12.1 Å². The molecule has 0 unspecified atom stereocenters. The molecular formula is C25H21F7O. The fraction of sp³-hybridized carbons (Fsp3) is 0.280. The van der Waals surface area contributed by atoms with Crippen LogP contribution >= 0.6 is 0 Å². The first kappa shape index (κ1) is 24.6. The predicted octanol–water partition coefficient (Wildman–Crippen LogP) is 8.54. The van der Waals surface area contributed by atoms with Crippen molar-refractivity contribution in [3.63, 3.8) is 0 Å². The lowest BCUT2D eigenvalue weighted by molar-refractivity contribution is -0.143. The van der Waals surface area contributed by atoms with Crippen molar-refractivity contribution in [3.8, 4) is 5.75 Å². The highest BCUT2D eigenvalue weighted by Crippen LogP contribution is 2.38. The minimum absolute atomic E-state index is 0.00102. The number of hydrogen-bond acceptors (Lipinski definition) is 1. The number of rotatable bonds is 7. The molecule has 1 fully saturated rings. The molecule has 176 valence electrons. The van der Waals surface area contributed by atoms with Crippen LogP contribution in [0.5, 0.6) is 5.75 Å². The first-order valence-electron chi connectivity index (χ1n) is 10.2. The van der Waals surface area contributed by atoms with Gasteiger partial charge in [-0.2, -0.15) is 8.78 Å². The number of benzene rings is 2. The zero-order chi connectivity index (χ0) is 24.3. The Balaban J connectivity index is 1.83. The molecule has 0 heterocycles. The van der Waals surface area contributed by atoms with E-state index < -0.39 is 46.5 Å². The van der Waals surface area contributed by atoms with E-state index in [-0.39, 0.29) is 17.7 Å². The summed E-state index contributed by atoms with van der Waals surface area (Å²) in [6, 6.07) is 7.34. The van der Waals surface area contributed by atoms with Gasteiger partial charge in [0.2, 0.25) is 0 Å². The van der Waals surface area contributed by atoms with Crippen LogP contribution in [0.25, 0.3) is 5.57 Å². The van der Waals surface area contributed by atoms with Gasteiger partial charge in [0.25, 0.3) is 0 Å². The Labute approximate surface area is 186 Å². The van der Waals surface area contributed by atoms with Crippen LogP contribution in [0.1, 0.15) is 49.7 Å². The van der Waals surface area contributed by atoms with Gasteiger partial charge in [-0.15, -0.1) is 0 Å². The fourth-order valence-corrected chi connectivity index (χ4v) is 3.83. The van der Waals surface area contributed by atoms with Crippen molar-refractivity contribution in [1.82, 2.24) is 0 Å². The van der Waals surface area contributed by atoms with Crippen LogP contribution in [0.3, 0.4) is 0 Å². The van der Waals surface area contributed by atoms with E-state index in [0.717, 1.165) is 31.2 Å². The van der Waals surface area contributed by atoms with Gasteiger partial charge in [-0.25, -0.2) is 22.0 Å². The molecule has 0 N–H and O–H groups in total. The summed E-state index contributed by atoms with van der Waals surface area (Å²) < 4.78 is 102. The third-order valence-corrected chi connectivity index (χ3v) is 5.49. The smallest absolute Gasteiger partial charge is 0.429 e. The third kappa shape index (κ3) is 5.67. The molecule has 33 heavy (non-hydrogen) atoms. The largest absolute Gasteiger partial charge is 0.432 e. The first-order valence-corrected chi connectivity index (χ1v) is 10.2. The second kappa shape index (κ2) is 9.85. The molecule has 0 saturated heterocycles. The summed E-state index contributed by atoms with van der Waals surface area (Å²) in [5, 5.41) is 0. The molecule has 1 aliphatic rings. The van der Waals surface area contributed by atoms with Crippen LogP contribution in [0.15, 0.2) is 66.3 Å². The van der Waals surface area contributed by atoms with E-state index in [1.807, 2.05) is 12.1 Å². The lowest BCUT2D eigenvalue weighted by Gasteiger charge is -2.20. The molecule has 0 spiro atoms. The van der Waals surface area contributed by atoms with E-state index >= 15 is 0 Å². The summed E-state index contributed by atoms with van der Waals surface area (Å²) in [6.45, 7) is 4.22. The summed E-state index contributed by atoms with van der Waals surface area (Å²) in [5.41, 5.74) is -0.225. The van der Waals surface area contributed by atoms with Crippen LogP contribution < -0.4 is 4.74 Å². The van der Waals surface area contributed by atoms with Gasteiger partial charge in [0, 0.05) is 12.1 Å². The number of hydrogen-bond donors (Lipinski definition) is 0. The van der Waals surface area contributed by atoms with E-state index in [0.29, 0.717) is 24.5 Å². The van der Waals surface area contributed by atoms with Gasteiger partial charge in [-0.05, 0) is 48.5 Å². The number of halogens is 7. The molecule has 1 nitrogen and oxygen atoms in total. The lowest BCUT2D eigenvalue weighted by Crippen LogP contribution is -2.29. The van der Waals surface area contributed by atoms with Crippen molar-refractivity contribution in [1.29, 1.82) is 0 Å². The van der Waals surface area contributed by atoms with E-state index in [1.165, 1.54) is 0 Å². The molecule has 2 aromatic rings. The summed E-state index contributed by atoms with van der Waals surface area (Å²) >= 11 is 0. The highest BCUT2D eigenvalue weighted by molar-refractivity contribution is 5.73. The van der Waals surface area contributed by atoms with Crippen molar-refractivity contribution < 1.29 is 35.5 Å². The molecule has 0 radical (unpaired) electrons. The molecule has 8 heteroatoms. The van der Waals surface area contributed by atoms with Crippen LogP contribution in [-0.2, 0) is 0 Å². The van der Waals surface area contributed by atoms with Crippen LogP contribution in [0.4, 0.5) is 30.7 Å². The molecule has 0 amide bonds. The number of ether oxygens (including phenoxy) is 1. The first-order chi connectivity index (χ1) is 15.5. The number of allylic oxidation sites excluding steroid dienone is 3. The Kier molecular flexibility index (Phi) is 7.34. The van der Waals surface area contributed by atoms with Gasteiger partial charge in [0.05, 0.1) is 0 Å². The SMILES string of the molecule is C=C(/C=C(F)\C(=C(/C)F)C(F)(F)Oc1cc(F)c(F)c(F)c1)c1ccc(C2CCCC2)cc1. The van der Waals surface area contributed by atoms with Crippen molar-refractivity contribution in [2.24, 2.45) is 0 Å². The minimum Gasteiger partial charge on any atom is -0.429 e. The Bertz CT molecular complexity index is 1070. The second-order valence-corrected chi connectivity index (χ2v) is 7.85. The average Bonchev–Trinajstić information content (AvgIpc) is 3.26.